The molecule has 0 fully saturated rings. The van der Waals surface area contributed by atoms with Gasteiger partial charge in [-0.3, -0.25) is 13.9 Å². The van der Waals surface area contributed by atoms with Gasteiger partial charge in [-0.2, -0.15) is 11.8 Å². The van der Waals surface area contributed by atoms with Gasteiger partial charge in [0.1, 0.15) is 0 Å². The van der Waals surface area contributed by atoms with Crippen LogP contribution in [-0.4, -0.2) is 24.4 Å². The third kappa shape index (κ3) is 3.46. The molecule has 0 aliphatic rings. The largest absolute Gasteiger partial charge is 0.332 e. The molecule has 0 radical (unpaired) electrons. The molecule has 0 bridgehead atoms. The minimum atomic E-state index is -0.328. The minimum Gasteiger partial charge on any atom is -0.328 e. The van der Waals surface area contributed by atoms with Crippen molar-refractivity contribution < 1.29 is 0 Å². The first-order chi connectivity index (χ1) is 12.4. The van der Waals surface area contributed by atoms with E-state index in [0.29, 0.717) is 17.7 Å². The maximum atomic E-state index is 12.6. The van der Waals surface area contributed by atoms with Gasteiger partial charge in [0.2, 0.25) is 0 Å². The lowest BCUT2D eigenvalue weighted by Crippen LogP contribution is -2.39. The number of rotatable bonds is 6. The third-order valence-corrected chi connectivity index (χ3v) is 6.06. The Hall–Kier alpha value is -1.99. The molecule has 2 heterocycles. The molecule has 0 saturated carbocycles. The number of fused-ring (bicyclic) bond motifs is 1. The Bertz CT molecular complexity index is 1050. The van der Waals surface area contributed by atoms with Crippen molar-refractivity contribution in [2.24, 2.45) is 14.1 Å². The van der Waals surface area contributed by atoms with Crippen LogP contribution in [-0.2, 0) is 20.6 Å². The van der Waals surface area contributed by atoms with Crippen molar-refractivity contribution >= 4 is 34.5 Å². The Kier molecular flexibility index (Phi) is 5.58. The number of hydrogen-bond donors (Lipinski definition) is 0. The van der Waals surface area contributed by atoms with Gasteiger partial charge in [-0.05, 0) is 30.7 Å². The Balaban J connectivity index is 1.71. The molecule has 3 rings (SSSR count). The molecule has 6 nitrogen and oxygen atoms in total. The Morgan fingerprint density at radius 1 is 1.23 bits per heavy atom. The standard InChI is InChI=1S/C18H21ClN4O2S/c1-12(13-7-4-5-8-14(13)19)26-10-6-9-23-17(24)15-16(20-11-21(15)2)22(3)18(23)25/h4-5,7-8,11-12H,6,9-10H2,1-3H3/t12-/m0/s1. The molecule has 1 atom stereocenters. The molecule has 3 aromatic rings. The maximum Gasteiger partial charge on any atom is 0.332 e. The van der Waals surface area contributed by atoms with Gasteiger partial charge < -0.3 is 4.57 Å². The number of aromatic nitrogens is 4. The normalized spacial score (nSPS) is 12.6. The monoisotopic (exact) mass is 392 g/mol. The number of benzene rings is 1. The van der Waals surface area contributed by atoms with Crippen molar-refractivity contribution in [1.82, 2.24) is 18.7 Å². The van der Waals surface area contributed by atoms with E-state index in [1.54, 1.807) is 36.8 Å². The zero-order valence-electron chi connectivity index (χ0n) is 15.0. The zero-order valence-corrected chi connectivity index (χ0v) is 16.5. The first kappa shape index (κ1) is 18.8. The molecule has 0 aliphatic carbocycles. The summed E-state index contributed by atoms with van der Waals surface area (Å²) >= 11 is 8.00. The summed E-state index contributed by atoms with van der Waals surface area (Å²) in [5.41, 5.74) is 1.35. The van der Waals surface area contributed by atoms with E-state index in [2.05, 4.69) is 11.9 Å². The van der Waals surface area contributed by atoms with Crippen LogP contribution in [0.4, 0.5) is 0 Å². The molecule has 26 heavy (non-hydrogen) atoms. The highest BCUT2D eigenvalue weighted by Gasteiger charge is 2.15. The van der Waals surface area contributed by atoms with Crippen LogP contribution in [0, 0.1) is 0 Å². The zero-order chi connectivity index (χ0) is 18.8. The van der Waals surface area contributed by atoms with Gasteiger partial charge >= 0.3 is 5.69 Å². The first-order valence-electron chi connectivity index (χ1n) is 8.38. The van der Waals surface area contributed by atoms with Crippen LogP contribution in [0.1, 0.15) is 24.2 Å². The summed E-state index contributed by atoms with van der Waals surface area (Å²) < 4.78 is 4.38. The van der Waals surface area contributed by atoms with E-state index >= 15 is 0 Å². The summed E-state index contributed by atoms with van der Waals surface area (Å²) in [6, 6.07) is 7.81. The van der Waals surface area contributed by atoms with E-state index in [0.717, 1.165) is 22.8 Å². The fourth-order valence-corrected chi connectivity index (χ4v) is 4.37. The van der Waals surface area contributed by atoms with Gasteiger partial charge in [0.05, 0.1) is 6.33 Å². The lowest BCUT2D eigenvalue weighted by Gasteiger charge is -2.13. The minimum absolute atomic E-state index is 0.253. The van der Waals surface area contributed by atoms with Crippen molar-refractivity contribution in [3.05, 3.63) is 62.0 Å². The quantitative estimate of drug-likeness (QED) is 0.605. The summed E-state index contributed by atoms with van der Waals surface area (Å²) in [4.78, 5) is 29.2. The number of halogens is 1. The highest BCUT2D eigenvalue weighted by atomic mass is 35.5. The molecule has 0 N–H and O–H groups in total. The second-order valence-corrected chi connectivity index (χ2v) is 8.07. The first-order valence-corrected chi connectivity index (χ1v) is 9.81. The fraction of sp³-hybridized carbons (Fsp3) is 0.389. The van der Waals surface area contributed by atoms with Gasteiger partial charge in [0, 0.05) is 30.9 Å². The number of thioether (sulfide) groups is 1. The third-order valence-electron chi connectivity index (χ3n) is 4.44. The van der Waals surface area contributed by atoms with E-state index in [4.69, 9.17) is 11.6 Å². The second-order valence-electron chi connectivity index (χ2n) is 6.21. The van der Waals surface area contributed by atoms with Gasteiger partial charge in [0.15, 0.2) is 11.2 Å². The molecule has 0 aliphatic heterocycles. The fourth-order valence-electron chi connectivity index (χ4n) is 2.97. The SMILES string of the molecule is C[C@H](SCCCn1c(=O)c2c(ncn2C)n(C)c1=O)c1ccccc1Cl. The second kappa shape index (κ2) is 7.72. The Morgan fingerprint density at radius 3 is 2.69 bits per heavy atom. The highest BCUT2D eigenvalue weighted by Crippen LogP contribution is 2.33. The molecule has 0 spiro atoms. The highest BCUT2D eigenvalue weighted by molar-refractivity contribution is 7.99. The van der Waals surface area contributed by atoms with Crippen LogP contribution in [0.2, 0.25) is 5.02 Å². The van der Waals surface area contributed by atoms with Gasteiger partial charge in [-0.1, -0.05) is 29.8 Å². The van der Waals surface area contributed by atoms with Crippen molar-refractivity contribution in [3.8, 4) is 0 Å². The van der Waals surface area contributed by atoms with Crippen molar-refractivity contribution in [1.29, 1.82) is 0 Å². The molecular weight excluding hydrogens is 372 g/mol. The van der Waals surface area contributed by atoms with Crippen LogP contribution >= 0.6 is 23.4 Å². The number of imidazole rings is 1. The topological polar surface area (TPSA) is 61.8 Å². The summed E-state index contributed by atoms with van der Waals surface area (Å²) in [7, 11) is 3.40. The Labute approximate surface area is 160 Å². The van der Waals surface area contributed by atoms with Gasteiger partial charge in [-0.15, -0.1) is 0 Å². The number of nitrogens with zero attached hydrogens (tertiary/aromatic N) is 4. The molecule has 0 saturated heterocycles. The predicted molar refractivity (Wildman–Crippen MR) is 107 cm³/mol. The molecule has 0 unspecified atom stereocenters. The van der Waals surface area contributed by atoms with Crippen LogP contribution in [0.15, 0.2) is 40.2 Å². The summed E-state index contributed by atoms with van der Waals surface area (Å²) in [6.45, 7) is 2.49. The lowest BCUT2D eigenvalue weighted by atomic mass is 10.2. The molecule has 0 amide bonds. The van der Waals surface area contributed by atoms with Crippen LogP contribution in [0.5, 0.6) is 0 Å². The van der Waals surface area contributed by atoms with E-state index in [9.17, 15) is 9.59 Å². The summed E-state index contributed by atoms with van der Waals surface area (Å²) in [5.74, 6) is 0.825. The average Bonchev–Trinajstić information content (AvgIpc) is 3.01. The molecule has 1 aromatic carbocycles. The lowest BCUT2D eigenvalue weighted by molar-refractivity contribution is 0.594. The average molecular weight is 393 g/mol. The van der Waals surface area contributed by atoms with Gasteiger partial charge in [-0.25, -0.2) is 9.78 Å². The van der Waals surface area contributed by atoms with E-state index < -0.39 is 0 Å². The molecule has 8 heteroatoms. The van der Waals surface area contributed by atoms with Crippen LogP contribution in [0.25, 0.3) is 11.2 Å². The van der Waals surface area contributed by atoms with Crippen molar-refractivity contribution in [2.75, 3.05) is 5.75 Å². The van der Waals surface area contributed by atoms with Crippen LogP contribution in [0.3, 0.4) is 0 Å². The van der Waals surface area contributed by atoms with Crippen molar-refractivity contribution in [3.63, 3.8) is 0 Å². The molecule has 2 aromatic heterocycles. The molecule has 138 valence electrons. The van der Waals surface area contributed by atoms with E-state index in [1.165, 1.54) is 9.13 Å². The van der Waals surface area contributed by atoms with Crippen molar-refractivity contribution in [2.45, 2.75) is 25.1 Å². The summed E-state index contributed by atoms with van der Waals surface area (Å²) in [6.07, 6.45) is 2.27. The number of aryl methyl sites for hydroxylation is 2. The van der Waals surface area contributed by atoms with Gasteiger partial charge in [0.25, 0.3) is 5.56 Å². The molecular formula is C18H21ClN4O2S. The van der Waals surface area contributed by atoms with E-state index in [1.807, 2.05) is 24.3 Å². The number of hydrogen-bond acceptors (Lipinski definition) is 4. The van der Waals surface area contributed by atoms with Crippen LogP contribution < -0.4 is 11.2 Å². The predicted octanol–water partition coefficient (Wildman–Crippen LogP) is 2.97. The maximum absolute atomic E-state index is 12.6. The summed E-state index contributed by atoms with van der Waals surface area (Å²) in [5, 5.41) is 1.02. The Morgan fingerprint density at radius 2 is 1.96 bits per heavy atom. The van der Waals surface area contributed by atoms with E-state index in [-0.39, 0.29) is 16.5 Å². The smallest absolute Gasteiger partial charge is 0.328 e.